The van der Waals surface area contributed by atoms with Crippen molar-refractivity contribution in [2.24, 2.45) is 0 Å². The summed E-state index contributed by atoms with van der Waals surface area (Å²) in [6, 6.07) is 0. The maximum Gasteiger partial charge on any atom is 0.336 e. The Bertz CT molecular complexity index is 254. The molecular weight excluding hydrogens is 192 g/mol. The van der Waals surface area contributed by atoms with Gasteiger partial charge in [0.15, 0.2) is 0 Å². The third-order valence-electron chi connectivity index (χ3n) is 1.76. The Morgan fingerprint density at radius 1 is 1.33 bits per heavy atom. The summed E-state index contributed by atoms with van der Waals surface area (Å²) in [4.78, 5) is 11.6. The standard InChI is InChI=1S/C12H18O3/c1-5-8-15-12(13)11(9-14-4)10(6-2)7-3/h6-7H,2-3,5,8-9H2,1,4H3. The van der Waals surface area contributed by atoms with E-state index in [1.165, 1.54) is 7.11 Å². The second-order valence-electron chi connectivity index (χ2n) is 2.91. The minimum absolute atomic E-state index is 0.204. The summed E-state index contributed by atoms with van der Waals surface area (Å²) in [6.07, 6.45) is 3.92. The van der Waals surface area contributed by atoms with Gasteiger partial charge >= 0.3 is 5.97 Å². The van der Waals surface area contributed by atoms with E-state index >= 15 is 0 Å². The third kappa shape index (κ3) is 4.61. The van der Waals surface area contributed by atoms with Crippen LogP contribution in [0.1, 0.15) is 13.3 Å². The number of esters is 1. The van der Waals surface area contributed by atoms with Crippen LogP contribution in [0.4, 0.5) is 0 Å². The maximum atomic E-state index is 11.6. The van der Waals surface area contributed by atoms with Gasteiger partial charge in [-0.2, -0.15) is 0 Å². The minimum Gasteiger partial charge on any atom is -0.462 e. The smallest absolute Gasteiger partial charge is 0.336 e. The van der Waals surface area contributed by atoms with Crippen LogP contribution in [0.5, 0.6) is 0 Å². The van der Waals surface area contributed by atoms with E-state index in [4.69, 9.17) is 9.47 Å². The number of methoxy groups -OCH3 is 1. The molecule has 84 valence electrons. The number of rotatable bonds is 7. The summed E-state index contributed by atoms with van der Waals surface area (Å²) in [7, 11) is 1.52. The van der Waals surface area contributed by atoms with Crippen molar-refractivity contribution in [3.05, 3.63) is 36.5 Å². The lowest BCUT2D eigenvalue weighted by molar-refractivity contribution is -0.139. The molecule has 0 saturated heterocycles. The molecule has 0 aliphatic carbocycles. The molecule has 0 atom stereocenters. The number of ether oxygens (including phenoxy) is 2. The lowest BCUT2D eigenvalue weighted by Gasteiger charge is -2.08. The first-order valence-electron chi connectivity index (χ1n) is 4.85. The molecule has 0 bridgehead atoms. The Morgan fingerprint density at radius 3 is 2.33 bits per heavy atom. The molecule has 0 radical (unpaired) electrons. The van der Waals surface area contributed by atoms with E-state index in [2.05, 4.69) is 13.2 Å². The van der Waals surface area contributed by atoms with Crippen LogP contribution in [0.3, 0.4) is 0 Å². The quantitative estimate of drug-likeness (QED) is 0.367. The molecule has 0 aromatic heterocycles. The number of hydrogen-bond acceptors (Lipinski definition) is 3. The molecule has 15 heavy (non-hydrogen) atoms. The van der Waals surface area contributed by atoms with Crippen LogP contribution in [-0.2, 0) is 14.3 Å². The molecule has 0 amide bonds. The minimum atomic E-state index is -0.367. The first-order chi connectivity index (χ1) is 7.21. The van der Waals surface area contributed by atoms with Gasteiger partial charge in [-0.3, -0.25) is 0 Å². The van der Waals surface area contributed by atoms with Gasteiger partial charge in [-0.15, -0.1) is 0 Å². The third-order valence-corrected chi connectivity index (χ3v) is 1.76. The van der Waals surface area contributed by atoms with Crippen molar-refractivity contribution in [2.45, 2.75) is 13.3 Å². The van der Waals surface area contributed by atoms with Crippen molar-refractivity contribution in [3.8, 4) is 0 Å². The van der Waals surface area contributed by atoms with E-state index in [9.17, 15) is 4.79 Å². The van der Waals surface area contributed by atoms with E-state index in [-0.39, 0.29) is 12.6 Å². The highest BCUT2D eigenvalue weighted by Gasteiger charge is 2.13. The van der Waals surface area contributed by atoms with Gasteiger partial charge in [0.25, 0.3) is 0 Å². The number of carbonyl (C=O) groups is 1. The van der Waals surface area contributed by atoms with Gasteiger partial charge in [0.2, 0.25) is 0 Å². The Hall–Kier alpha value is -1.35. The Morgan fingerprint density at radius 2 is 1.93 bits per heavy atom. The van der Waals surface area contributed by atoms with Crippen LogP contribution >= 0.6 is 0 Å². The second kappa shape index (κ2) is 8.00. The largest absolute Gasteiger partial charge is 0.462 e. The Balaban J connectivity index is 4.77. The normalized spacial score (nSPS) is 9.20. The van der Waals surface area contributed by atoms with Crippen LogP contribution in [0, 0.1) is 0 Å². The monoisotopic (exact) mass is 210 g/mol. The first kappa shape index (κ1) is 13.7. The average Bonchev–Trinajstić information content (AvgIpc) is 2.26. The summed E-state index contributed by atoms with van der Waals surface area (Å²) in [5.74, 6) is -0.367. The summed E-state index contributed by atoms with van der Waals surface area (Å²) in [6.45, 7) is 9.76. The fraction of sp³-hybridized carbons (Fsp3) is 0.417. The molecule has 0 rings (SSSR count). The molecule has 0 N–H and O–H groups in total. The fourth-order valence-electron chi connectivity index (χ4n) is 1.02. The van der Waals surface area contributed by atoms with Gasteiger partial charge in [0.1, 0.15) is 0 Å². The van der Waals surface area contributed by atoms with E-state index in [0.717, 1.165) is 6.42 Å². The SMILES string of the molecule is C=CC(C=C)=C(COC)C(=O)OCCC. The molecule has 0 aromatic rings. The maximum absolute atomic E-state index is 11.6. The molecule has 0 aromatic carbocycles. The summed E-state index contributed by atoms with van der Waals surface area (Å²) in [5.41, 5.74) is 1.11. The number of allylic oxidation sites excluding steroid dienone is 3. The van der Waals surface area contributed by atoms with Crippen molar-refractivity contribution in [2.75, 3.05) is 20.3 Å². The molecule has 0 aliphatic heterocycles. The fourth-order valence-corrected chi connectivity index (χ4v) is 1.02. The number of hydrogen-bond donors (Lipinski definition) is 0. The molecule has 0 aliphatic rings. The molecule has 3 nitrogen and oxygen atoms in total. The molecule has 0 saturated carbocycles. The van der Waals surface area contributed by atoms with Crippen LogP contribution < -0.4 is 0 Å². The van der Waals surface area contributed by atoms with Crippen molar-refractivity contribution >= 4 is 5.97 Å². The lowest BCUT2D eigenvalue weighted by atomic mass is 10.1. The molecule has 0 unspecified atom stereocenters. The van der Waals surface area contributed by atoms with Crippen LogP contribution in [0.25, 0.3) is 0 Å². The van der Waals surface area contributed by atoms with Gasteiger partial charge in [-0.1, -0.05) is 32.2 Å². The van der Waals surface area contributed by atoms with E-state index in [0.29, 0.717) is 17.8 Å². The molecule has 0 heterocycles. The molecular formula is C12H18O3. The van der Waals surface area contributed by atoms with Gasteiger partial charge < -0.3 is 9.47 Å². The van der Waals surface area contributed by atoms with Gasteiger partial charge in [0, 0.05) is 7.11 Å². The van der Waals surface area contributed by atoms with Crippen molar-refractivity contribution in [1.82, 2.24) is 0 Å². The first-order valence-corrected chi connectivity index (χ1v) is 4.85. The number of carbonyl (C=O) groups excluding carboxylic acids is 1. The second-order valence-corrected chi connectivity index (χ2v) is 2.91. The van der Waals surface area contributed by atoms with Crippen LogP contribution in [0.15, 0.2) is 36.5 Å². The molecule has 0 fully saturated rings. The van der Waals surface area contributed by atoms with E-state index in [1.807, 2.05) is 6.92 Å². The summed E-state index contributed by atoms with van der Waals surface area (Å²) < 4.78 is 9.95. The zero-order valence-corrected chi connectivity index (χ0v) is 9.41. The summed E-state index contributed by atoms with van der Waals surface area (Å²) in [5, 5.41) is 0. The van der Waals surface area contributed by atoms with Crippen molar-refractivity contribution in [3.63, 3.8) is 0 Å². The van der Waals surface area contributed by atoms with E-state index in [1.54, 1.807) is 12.2 Å². The highest BCUT2D eigenvalue weighted by molar-refractivity contribution is 5.90. The lowest BCUT2D eigenvalue weighted by Crippen LogP contribution is -2.14. The van der Waals surface area contributed by atoms with Crippen molar-refractivity contribution in [1.29, 1.82) is 0 Å². The van der Waals surface area contributed by atoms with Gasteiger partial charge in [0.05, 0.1) is 18.8 Å². The predicted octanol–water partition coefficient (Wildman–Crippen LogP) is 2.25. The van der Waals surface area contributed by atoms with Crippen molar-refractivity contribution < 1.29 is 14.3 Å². The zero-order chi connectivity index (χ0) is 11.7. The molecule has 0 spiro atoms. The summed E-state index contributed by atoms with van der Waals surface area (Å²) >= 11 is 0. The highest BCUT2D eigenvalue weighted by atomic mass is 16.5. The Labute approximate surface area is 91.1 Å². The highest BCUT2D eigenvalue weighted by Crippen LogP contribution is 2.10. The zero-order valence-electron chi connectivity index (χ0n) is 9.41. The van der Waals surface area contributed by atoms with Crippen LogP contribution in [0.2, 0.25) is 0 Å². The van der Waals surface area contributed by atoms with Gasteiger partial charge in [-0.05, 0) is 12.0 Å². The van der Waals surface area contributed by atoms with Gasteiger partial charge in [-0.25, -0.2) is 4.79 Å². The average molecular weight is 210 g/mol. The topological polar surface area (TPSA) is 35.5 Å². The van der Waals surface area contributed by atoms with Crippen LogP contribution in [-0.4, -0.2) is 26.3 Å². The Kier molecular flexibility index (Phi) is 7.28. The predicted molar refractivity (Wildman–Crippen MR) is 60.5 cm³/mol. The van der Waals surface area contributed by atoms with E-state index < -0.39 is 0 Å². The molecule has 3 heteroatoms.